The zero-order valence-corrected chi connectivity index (χ0v) is 22.7. The van der Waals surface area contributed by atoms with E-state index in [2.05, 4.69) is 77.9 Å². The molecular formula is C32H53N. The van der Waals surface area contributed by atoms with Crippen molar-refractivity contribution >= 4 is 0 Å². The summed E-state index contributed by atoms with van der Waals surface area (Å²) in [5, 5.41) is 3.43. The van der Waals surface area contributed by atoms with Crippen LogP contribution >= 0.6 is 0 Å². The van der Waals surface area contributed by atoms with Crippen LogP contribution in [0.25, 0.3) is 0 Å². The lowest BCUT2D eigenvalue weighted by Gasteiger charge is -2.26. The molecule has 9 unspecified atom stereocenters. The van der Waals surface area contributed by atoms with Crippen molar-refractivity contribution in [3.63, 3.8) is 0 Å². The molecular weight excluding hydrogens is 398 g/mol. The highest BCUT2D eigenvalue weighted by Gasteiger charge is 2.83. The molecule has 0 amide bonds. The van der Waals surface area contributed by atoms with E-state index in [1.165, 1.54) is 64.3 Å². The van der Waals surface area contributed by atoms with E-state index in [9.17, 15) is 0 Å². The summed E-state index contributed by atoms with van der Waals surface area (Å²) < 4.78 is 0. The van der Waals surface area contributed by atoms with E-state index in [4.69, 9.17) is 0 Å². The van der Waals surface area contributed by atoms with E-state index in [1.807, 2.05) is 0 Å². The van der Waals surface area contributed by atoms with E-state index in [0.717, 1.165) is 41.4 Å². The molecule has 186 valence electrons. The first-order chi connectivity index (χ1) is 15.8. The van der Waals surface area contributed by atoms with Crippen molar-refractivity contribution in [3.8, 4) is 0 Å². The van der Waals surface area contributed by atoms with Crippen molar-refractivity contribution in [3.05, 3.63) is 36.5 Å². The highest BCUT2D eigenvalue weighted by atomic mass is 14.9. The summed E-state index contributed by atoms with van der Waals surface area (Å²) in [7, 11) is 2.11. The van der Waals surface area contributed by atoms with Gasteiger partial charge in [0.05, 0.1) is 0 Å². The summed E-state index contributed by atoms with van der Waals surface area (Å²) >= 11 is 0. The monoisotopic (exact) mass is 451 g/mol. The molecule has 3 fully saturated rings. The van der Waals surface area contributed by atoms with Gasteiger partial charge in [-0.1, -0.05) is 77.3 Å². The maximum Gasteiger partial charge on any atom is 0.00165 e. The van der Waals surface area contributed by atoms with Crippen LogP contribution in [0.3, 0.4) is 0 Å². The number of rotatable bonds is 13. The second kappa shape index (κ2) is 10.0. The maximum absolute atomic E-state index is 4.02. The van der Waals surface area contributed by atoms with Gasteiger partial charge >= 0.3 is 0 Å². The second-order valence-electron chi connectivity index (χ2n) is 13.1. The van der Waals surface area contributed by atoms with Gasteiger partial charge in [0, 0.05) is 5.92 Å². The Bertz CT molecular complexity index is 748. The molecule has 0 aliphatic heterocycles. The molecule has 0 radical (unpaired) electrons. The lowest BCUT2D eigenvalue weighted by molar-refractivity contribution is 0.253. The van der Waals surface area contributed by atoms with Gasteiger partial charge in [-0.2, -0.15) is 0 Å². The van der Waals surface area contributed by atoms with Gasteiger partial charge in [0.15, 0.2) is 0 Å². The van der Waals surface area contributed by atoms with Crippen LogP contribution in [0.2, 0.25) is 0 Å². The molecule has 0 saturated heterocycles. The highest BCUT2D eigenvalue weighted by molar-refractivity contribution is 5.41. The Hall–Kier alpha value is -0.820. The SMILES string of the molecule is C=CC1CCCC(/C=C/C(C)CCC2=CC2C2C(C)C23C[C@@]3(C)CC(C)C(CC)CNC)C1. The van der Waals surface area contributed by atoms with Crippen LogP contribution in [-0.2, 0) is 0 Å². The van der Waals surface area contributed by atoms with E-state index in [1.54, 1.807) is 5.57 Å². The Morgan fingerprint density at radius 3 is 2.70 bits per heavy atom. The van der Waals surface area contributed by atoms with Gasteiger partial charge in [-0.25, -0.2) is 0 Å². The summed E-state index contributed by atoms with van der Waals surface area (Å²) in [6.07, 6.45) is 22.3. The fourth-order valence-corrected chi connectivity index (χ4v) is 8.54. The van der Waals surface area contributed by atoms with Gasteiger partial charge < -0.3 is 5.32 Å². The largest absolute Gasteiger partial charge is 0.319 e. The minimum Gasteiger partial charge on any atom is -0.319 e. The molecule has 0 aromatic rings. The smallest absolute Gasteiger partial charge is 0.00165 e. The normalized spacial score (nSPS) is 42.1. The van der Waals surface area contributed by atoms with Crippen LogP contribution in [0.1, 0.15) is 92.4 Å². The first-order valence-corrected chi connectivity index (χ1v) is 14.5. The highest BCUT2D eigenvalue weighted by Crippen LogP contribution is 2.89. The first-order valence-electron chi connectivity index (χ1n) is 14.5. The van der Waals surface area contributed by atoms with Crippen LogP contribution < -0.4 is 5.32 Å². The van der Waals surface area contributed by atoms with Crippen LogP contribution in [0.15, 0.2) is 36.5 Å². The van der Waals surface area contributed by atoms with Crippen LogP contribution in [0.5, 0.6) is 0 Å². The van der Waals surface area contributed by atoms with Crippen LogP contribution in [0.4, 0.5) is 0 Å². The Kier molecular flexibility index (Phi) is 7.69. The van der Waals surface area contributed by atoms with Crippen LogP contribution in [-0.4, -0.2) is 13.6 Å². The van der Waals surface area contributed by atoms with Crippen molar-refractivity contribution in [2.24, 2.45) is 58.2 Å². The fourth-order valence-electron chi connectivity index (χ4n) is 8.54. The lowest BCUT2D eigenvalue weighted by atomic mass is 9.81. The molecule has 4 aliphatic rings. The van der Waals surface area contributed by atoms with Gasteiger partial charge in [0.25, 0.3) is 0 Å². The number of hydrogen-bond acceptors (Lipinski definition) is 1. The molecule has 0 heterocycles. The van der Waals surface area contributed by atoms with Crippen molar-refractivity contribution in [1.82, 2.24) is 5.32 Å². The van der Waals surface area contributed by atoms with Gasteiger partial charge in [0.1, 0.15) is 0 Å². The zero-order chi connectivity index (χ0) is 23.8. The van der Waals surface area contributed by atoms with E-state index in [0.29, 0.717) is 16.7 Å². The molecule has 3 saturated carbocycles. The fraction of sp³-hybridized carbons (Fsp3) is 0.812. The van der Waals surface area contributed by atoms with Gasteiger partial charge in [-0.05, 0) is 111 Å². The predicted molar refractivity (Wildman–Crippen MR) is 144 cm³/mol. The first kappa shape index (κ1) is 25.3. The molecule has 0 aromatic carbocycles. The predicted octanol–water partition coefficient (Wildman–Crippen LogP) is 8.44. The Morgan fingerprint density at radius 1 is 1.24 bits per heavy atom. The van der Waals surface area contributed by atoms with Crippen molar-refractivity contribution < 1.29 is 0 Å². The molecule has 4 rings (SSSR count). The third-order valence-electron chi connectivity index (χ3n) is 10.9. The summed E-state index contributed by atoms with van der Waals surface area (Å²) in [6, 6.07) is 0. The minimum absolute atomic E-state index is 0.610. The number of hydrogen-bond donors (Lipinski definition) is 1. The van der Waals surface area contributed by atoms with Crippen LogP contribution in [0, 0.1) is 58.2 Å². The molecule has 1 N–H and O–H groups in total. The second-order valence-corrected chi connectivity index (χ2v) is 13.1. The topological polar surface area (TPSA) is 12.0 Å². The van der Waals surface area contributed by atoms with Crippen molar-refractivity contribution in [2.75, 3.05) is 13.6 Å². The average Bonchev–Trinajstić information content (AvgIpc) is 3.74. The van der Waals surface area contributed by atoms with Crippen molar-refractivity contribution in [2.45, 2.75) is 92.4 Å². The van der Waals surface area contributed by atoms with E-state index in [-0.39, 0.29) is 0 Å². The van der Waals surface area contributed by atoms with Gasteiger partial charge in [-0.3, -0.25) is 0 Å². The molecule has 1 spiro atoms. The molecule has 4 aliphatic carbocycles. The molecule has 1 nitrogen and oxygen atoms in total. The Balaban J connectivity index is 1.20. The standard InChI is InChI=1S/C32H53N/c1-8-25-11-10-12-26(17-25)15-13-22(3)14-16-28-18-29(28)30-24(5)32(30)21-31(32,6)19-23(4)27(9-2)20-33-7/h8,13,15,18,22-27,29-30,33H,1,9-12,14,16-17,19-21H2,2-7H3/b15-13+/t22?,23?,24?,25?,26?,27?,29?,30?,31-,32?/m1/s1. The molecule has 33 heavy (non-hydrogen) atoms. The molecule has 0 bridgehead atoms. The number of allylic oxidation sites excluding steroid dienone is 5. The lowest BCUT2D eigenvalue weighted by Crippen LogP contribution is -2.26. The molecule has 1 heteroatoms. The van der Waals surface area contributed by atoms with E-state index < -0.39 is 0 Å². The quantitative estimate of drug-likeness (QED) is 0.277. The third-order valence-corrected chi connectivity index (χ3v) is 10.9. The van der Waals surface area contributed by atoms with Gasteiger partial charge in [-0.15, -0.1) is 6.58 Å². The summed E-state index contributed by atoms with van der Waals surface area (Å²) in [6.45, 7) is 17.7. The maximum atomic E-state index is 4.02. The summed E-state index contributed by atoms with van der Waals surface area (Å²) in [4.78, 5) is 0. The molecule has 0 aromatic heterocycles. The number of nitrogens with one attached hydrogen (secondary N) is 1. The Labute approximate surface area is 206 Å². The summed E-state index contributed by atoms with van der Waals surface area (Å²) in [5.41, 5.74) is 3.10. The van der Waals surface area contributed by atoms with Gasteiger partial charge in [0.2, 0.25) is 0 Å². The molecule has 10 atom stereocenters. The van der Waals surface area contributed by atoms with Crippen molar-refractivity contribution in [1.29, 1.82) is 0 Å². The summed E-state index contributed by atoms with van der Waals surface area (Å²) in [5.74, 6) is 6.70. The Morgan fingerprint density at radius 2 is 2.00 bits per heavy atom. The van der Waals surface area contributed by atoms with E-state index >= 15 is 0 Å². The minimum atomic E-state index is 0.610. The third kappa shape index (κ3) is 5.10. The average molecular weight is 452 g/mol. The zero-order valence-electron chi connectivity index (χ0n) is 22.7.